The van der Waals surface area contributed by atoms with E-state index >= 15 is 0 Å². The zero-order valence-corrected chi connectivity index (χ0v) is 14.1. The standard InChI is InChI=1S/C19H18N2O4/c1-24-16-9-12-8-15-18(22)21(14-6-4-3-5-7-14)19(23)20(15)11-13(12)10-17(16)25-2/h3-7,9-10,15H,8,11H2,1-2H3/t15-/m1/s1. The molecule has 2 aromatic rings. The topological polar surface area (TPSA) is 59.1 Å². The van der Waals surface area contributed by atoms with Crippen LogP contribution < -0.4 is 14.4 Å². The summed E-state index contributed by atoms with van der Waals surface area (Å²) in [5, 5.41) is 0. The number of urea groups is 1. The number of imide groups is 1. The van der Waals surface area contributed by atoms with Crippen molar-refractivity contribution in [2.75, 3.05) is 19.1 Å². The van der Waals surface area contributed by atoms with Crippen molar-refractivity contribution >= 4 is 17.6 Å². The average molecular weight is 338 g/mol. The number of rotatable bonds is 3. The first-order chi connectivity index (χ1) is 12.1. The Hall–Kier alpha value is -3.02. The van der Waals surface area contributed by atoms with Gasteiger partial charge in [-0.2, -0.15) is 0 Å². The van der Waals surface area contributed by atoms with Gasteiger partial charge in [0.25, 0.3) is 5.91 Å². The Morgan fingerprint density at radius 2 is 1.60 bits per heavy atom. The minimum absolute atomic E-state index is 0.184. The molecular weight excluding hydrogens is 320 g/mol. The molecule has 0 aliphatic carbocycles. The fourth-order valence-electron chi connectivity index (χ4n) is 3.52. The van der Waals surface area contributed by atoms with E-state index in [4.69, 9.17) is 9.47 Å². The van der Waals surface area contributed by atoms with E-state index in [1.807, 2.05) is 30.3 Å². The number of fused-ring (bicyclic) bond motifs is 2. The van der Waals surface area contributed by atoms with Crippen LogP contribution in [0.4, 0.5) is 10.5 Å². The molecule has 1 atom stereocenters. The van der Waals surface area contributed by atoms with Crippen LogP contribution in [0.2, 0.25) is 0 Å². The van der Waals surface area contributed by atoms with Crippen LogP contribution in [-0.2, 0) is 17.8 Å². The summed E-state index contributed by atoms with van der Waals surface area (Å²) in [6.45, 7) is 0.383. The van der Waals surface area contributed by atoms with Crippen molar-refractivity contribution in [3.63, 3.8) is 0 Å². The second kappa shape index (κ2) is 5.81. The van der Waals surface area contributed by atoms with Crippen LogP contribution in [0.25, 0.3) is 0 Å². The molecule has 0 N–H and O–H groups in total. The van der Waals surface area contributed by atoms with Crippen molar-refractivity contribution in [2.45, 2.75) is 19.0 Å². The van der Waals surface area contributed by atoms with Crippen LogP contribution in [0.1, 0.15) is 11.1 Å². The summed E-state index contributed by atoms with van der Waals surface area (Å²) in [5.41, 5.74) is 2.59. The van der Waals surface area contributed by atoms with Crippen LogP contribution >= 0.6 is 0 Å². The van der Waals surface area contributed by atoms with Gasteiger partial charge in [-0.05, 0) is 35.4 Å². The van der Waals surface area contributed by atoms with Gasteiger partial charge in [-0.25, -0.2) is 9.69 Å². The first-order valence-electron chi connectivity index (χ1n) is 8.07. The SMILES string of the molecule is COc1cc2c(cc1OC)CN1C(=O)N(c3ccccc3)C(=O)[C@H]1C2. The Bertz CT molecular complexity index is 799. The monoisotopic (exact) mass is 338 g/mol. The van der Waals surface area contributed by atoms with E-state index in [0.29, 0.717) is 30.2 Å². The average Bonchev–Trinajstić information content (AvgIpc) is 2.89. The predicted octanol–water partition coefficient (Wildman–Crippen LogP) is 2.60. The fourth-order valence-corrected chi connectivity index (χ4v) is 3.52. The van der Waals surface area contributed by atoms with Crippen molar-refractivity contribution in [1.29, 1.82) is 0 Å². The van der Waals surface area contributed by atoms with Gasteiger partial charge in [0.1, 0.15) is 6.04 Å². The number of benzene rings is 2. The van der Waals surface area contributed by atoms with Crippen molar-refractivity contribution in [1.82, 2.24) is 4.90 Å². The van der Waals surface area contributed by atoms with Crippen LogP contribution in [0.5, 0.6) is 11.5 Å². The summed E-state index contributed by atoms with van der Waals surface area (Å²) in [6, 6.07) is 12.1. The van der Waals surface area contributed by atoms with Crippen molar-refractivity contribution in [3.8, 4) is 11.5 Å². The minimum atomic E-state index is -0.474. The lowest BCUT2D eigenvalue weighted by molar-refractivity contribution is -0.120. The van der Waals surface area contributed by atoms with Gasteiger partial charge in [0.15, 0.2) is 11.5 Å². The number of hydrogen-bond acceptors (Lipinski definition) is 4. The third-order valence-corrected chi connectivity index (χ3v) is 4.79. The molecule has 0 aromatic heterocycles. The highest BCUT2D eigenvalue weighted by Gasteiger charge is 2.48. The third-order valence-electron chi connectivity index (χ3n) is 4.79. The number of methoxy groups -OCH3 is 2. The maximum Gasteiger partial charge on any atom is 0.332 e. The van der Waals surface area contributed by atoms with Crippen molar-refractivity contribution in [2.24, 2.45) is 0 Å². The molecule has 1 fully saturated rings. The number of ether oxygens (including phenoxy) is 2. The molecule has 2 heterocycles. The van der Waals surface area contributed by atoms with Gasteiger partial charge in [-0.15, -0.1) is 0 Å². The van der Waals surface area contributed by atoms with Gasteiger partial charge in [0, 0.05) is 13.0 Å². The molecule has 6 nitrogen and oxygen atoms in total. The van der Waals surface area contributed by atoms with Crippen molar-refractivity contribution in [3.05, 3.63) is 53.6 Å². The van der Waals surface area contributed by atoms with Crippen molar-refractivity contribution < 1.29 is 19.1 Å². The summed E-state index contributed by atoms with van der Waals surface area (Å²) in [4.78, 5) is 28.6. The summed E-state index contributed by atoms with van der Waals surface area (Å²) < 4.78 is 10.7. The molecule has 2 aromatic carbocycles. The molecule has 6 heteroatoms. The summed E-state index contributed by atoms with van der Waals surface area (Å²) >= 11 is 0. The molecular formula is C19H18N2O4. The Labute approximate surface area is 145 Å². The quantitative estimate of drug-likeness (QED) is 0.807. The molecule has 2 aliphatic rings. The number of carbonyl (C=O) groups is 2. The summed E-state index contributed by atoms with van der Waals surface area (Å²) in [7, 11) is 3.16. The summed E-state index contributed by atoms with van der Waals surface area (Å²) in [6.07, 6.45) is 0.476. The molecule has 25 heavy (non-hydrogen) atoms. The molecule has 3 amide bonds. The minimum Gasteiger partial charge on any atom is -0.493 e. The maximum atomic E-state index is 12.8. The van der Waals surface area contributed by atoms with E-state index in [-0.39, 0.29) is 11.9 Å². The third kappa shape index (κ3) is 2.33. The molecule has 2 aliphatic heterocycles. The number of hydrogen-bond donors (Lipinski definition) is 0. The predicted molar refractivity (Wildman–Crippen MR) is 91.9 cm³/mol. The molecule has 1 saturated heterocycles. The maximum absolute atomic E-state index is 12.8. The molecule has 0 saturated carbocycles. The van der Waals surface area contributed by atoms with Gasteiger partial charge < -0.3 is 14.4 Å². The lowest BCUT2D eigenvalue weighted by atomic mass is 9.94. The Morgan fingerprint density at radius 3 is 2.24 bits per heavy atom. The van der Waals surface area contributed by atoms with Gasteiger partial charge in [0.05, 0.1) is 19.9 Å². The zero-order chi connectivity index (χ0) is 17.6. The second-order valence-electron chi connectivity index (χ2n) is 6.12. The molecule has 0 spiro atoms. The van der Waals surface area contributed by atoms with E-state index in [1.165, 1.54) is 4.90 Å². The van der Waals surface area contributed by atoms with Gasteiger partial charge in [-0.1, -0.05) is 18.2 Å². The molecule has 0 bridgehead atoms. The normalized spacial score (nSPS) is 18.9. The fraction of sp³-hybridized carbons (Fsp3) is 0.263. The highest BCUT2D eigenvalue weighted by atomic mass is 16.5. The van der Waals surface area contributed by atoms with Gasteiger partial charge >= 0.3 is 6.03 Å². The Morgan fingerprint density at radius 1 is 0.960 bits per heavy atom. The van der Waals surface area contributed by atoms with Gasteiger partial charge in [0.2, 0.25) is 0 Å². The molecule has 128 valence electrons. The largest absolute Gasteiger partial charge is 0.493 e. The highest BCUT2D eigenvalue weighted by Crippen LogP contribution is 2.38. The van der Waals surface area contributed by atoms with Crippen LogP contribution in [0, 0.1) is 0 Å². The van der Waals surface area contributed by atoms with Gasteiger partial charge in [-0.3, -0.25) is 4.79 Å². The Kier molecular flexibility index (Phi) is 3.60. The van der Waals surface area contributed by atoms with E-state index in [2.05, 4.69) is 0 Å². The first-order valence-corrected chi connectivity index (χ1v) is 8.07. The lowest BCUT2D eigenvalue weighted by Gasteiger charge is -2.29. The summed E-state index contributed by atoms with van der Waals surface area (Å²) in [5.74, 6) is 1.07. The molecule has 0 unspecified atom stereocenters. The van der Waals surface area contributed by atoms with Crippen LogP contribution in [-0.4, -0.2) is 37.1 Å². The zero-order valence-electron chi connectivity index (χ0n) is 14.1. The number of carbonyl (C=O) groups excluding carboxylic acids is 2. The number of para-hydroxylation sites is 1. The lowest BCUT2D eigenvalue weighted by Crippen LogP contribution is -2.40. The smallest absolute Gasteiger partial charge is 0.332 e. The van der Waals surface area contributed by atoms with E-state index in [0.717, 1.165) is 11.1 Å². The second-order valence-corrected chi connectivity index (χ2v) is 6.12. The van der Waals surface area contributed by atoms with Crippen LogP contribution in [0.3, 0.4) is 0 Å². The van der Waals surface area contributed by atoms with E-state index in [1.54, 1.807) is 31.3 Å². The highest BCUT2D eigenvalue weighted by molar-refractivity contribution is 6.21. The van der Waals surface area contributed by atoms with E-state index < -0.39 is 6.04 Å². The molecule has 4 rings (SSSR count). The number of nitrogens with zero attached hydrogens (tertiary/aromatic N) is 2. The Balaban J connectivity index is 1.71. The first kappa shape index (κ1) is 15.5. The molecule has 0 radical (unpaired) electrons. The number of amides is 3. The van der Waals surface area contributed by atoms with E-state index in [9.17, 15) is 9.59 Å². The van der Waals surface area contributed by atoms with Crippen LogP contribution in [0.15, 0.2) is 42.5 Å². The number of anilines is 1.